The summed E-state index contributed by atoms with van der Waals surface area (Å²) in [6.45, 7) is 0.874. The second kappa shape index (κ2) is 7.13. The van der Waals surface area contributed by atoms with Gasteiger partial charge in [0.05, 0.1) is 17.9 Å². The standard InChI is InChI=1S/C20H24N4O/c1-23-15-16(14-22-23)10-12-24-13-11-21-20(24)18-8-4-5-9-19(18)25-17-6-2-3-7-17/h4-5,8-9,11,13-15,17H,2-3,6-7,10,12H2,1H3. The molecule has 5 nitrogen and oxygen atoms in total. The maximum absolute atomic E-state index is 6.28. The molecule has 2 aromatic heterocycles. The summed E-state index contributed by atoms with van der Waals surface area (Å²) in [4.78, 5) is 4.60. The van der Waals surface area contributed by atoms with Crippen LogP contribution in [-0.2, 0) is 20.0 Å². The summed E-state index contributed by atoms with van der Waals surface area (Å²) in [5.74, 6) is 1.92. The minimum atomic E-state index is 0.347. The van der Waals surface area contributed by atoms with Crippen LogP contribution in [0.2, 0.25) is 0 Å². The Balaban J connectivity index is 1.55. The molecular formula is C20H24N4O. The van der Waals surface area contributed by atoms with Crippen molar-refractivity contribution in [2.75, 3.05) is 0 Å². The van der Waals surface area contributed by atoms with E-state index in [2.05, 4.69) is 39.0 Å². The molecule has 5 heteroatoms. The molecule has 4 rings (SSSR count). The van der Waals surface area contributed by atoms with Crippen LogP contribution in [0, 0.1) is 0 Å². The second-order valence-corrected chi connectivity index (χ2v) is 6.74. The average Bonchev–Trinajstić information content (AvgIpc) is 3.36. The Morgan fingerprint density at radius 3 is 2.84 bits per heavy atom. The Hall–Kier alpha value is -2.56. The van der Waals surface area contributed by atoms with E-state index < -0.39 is 0 Å². The summed E-state index contributed by atoms with van der Waals surface area (Å²) in [7, 11) is 1.95. The van der Waals surface area contributed by atoms with Gasteiger partial charge in [0.1, 0.15) is 11.6 Å². The molecule has 25 heavy (non-hydrogen) atoms. The fourth-order valence-corrected chi connectivity index (χ4v) is 3.52. The molecule has 0 atom stereocenters. The highest BCUT2D eigenvalue weighted by atomic mass is 16.5. The van der Waals surface area contributed by atoms with Crippen LogP contribution in [0.3, 0.4) is 0 Å². The van der Waals surface area contributed by atoms with Gasteiger partial charge < -0.3 is 9.30 Å². The number of aryl methyl sites for hydroxylation is 3. The predicted molar refractivity (Wildman–Crippen MR) is 97.5 cm³/mol. The van der Waals surface area contributed by atoms with Gasteiger partial charge in [-0.05, 0) is 49.8 Å². The van der Waals surface area contributed by atoms with Crippen molar-refractivity contribution >= 4 is 0 Å². The van der Waals surface area contributed by atoms with Gasteiger partial charge in [0.15, 0.2) is 0 Å². The fourth-order valence-electron chi connectivity index (χ4n) is 3.52. The quantitative estimate of drug-likeness (QED) is 0.687. The number of ether oxygens (including phenoxy) is 1. The molecule has 1 aliphatic rings. The smallest absolute Gasteiger partial charge is 0.143 e. The Bertz CT molecular complexity index is 830. The largest absolute Gasteiger partial charge is 0.490 e. The van der Waals surface area contributed by atoms with E-state index in [0.717, 1.165) is 42.9 Å². The number of imidazole rings is 1. The minimum absolute atomic E-state index is 0.347. The van der Waals surface area contributed by atoms with Crippen molar-refractivity contribution in [3.05, 3.63) is 54.6 Å². The SMILES string of the molecule is Cn1cc(CCn2ccnc2-c2ccccc2OC2CCCC2)cn1. The first-order valence-corrected chi connectivity index (χ1v) is 9.04. The van der Waals surface area contributed by atoms with Gasteiger partial charge >= 0.3 is 0 Å². The number of nitrogens with zero attached hydrogens (tertiary/aromatic N) is 4. The Kier molecular flexibility index (Phi) is 4.55. The molecule has 0 saturated heterocycles. The first-order valence-electron chi connectivity index (χ1n) is 9.04. The molecular weight excluding hydrogens is 312 g/mol. The van der Waals surface area contributed by atoms with Crippen LogP contribution in [-0.4, -0.2) is 25.4 Å². The molecule has 0 N–H and O–H groups in total. The van der Waals surface area contributed by atoms with E-state index in [1.165, 1.54) is 18.4 Å². The van der Waals surface area contributed by atoms with Crippen molar-refractivity contribution in [3.63, 3.8) is 0 Å². The third kappa shape index (κ3) is 3.60. The van der Waals surface area contributed by atoms with Crippen molar-refractivity contribution in [2.45, 2.75) is 44.8 Å². The van der Waals surface area contributed by atoms with E-state index in [1.807, 2.05) is 36.4 Å². The third-order valence-electron chi connectivity index (χ3n) is 4.84. The Morgan fingerprint density at radius 1 is 1.20 bits per heavy atom. The van der Waals surface area contributed by atoms with Gasteiger partial charge in [0.25, 0.3) is 0 Å². The molecule has 1 aliphatic carbocycles. The van der Waals surface area contributed by atoms with Crippen LogP contribution in [0.4, 0.5) is 0 Å². The molecule has 0 bridgehead atoms. The first kappa shape index (κ1) is 15.9. The van der Waals surface area contributed by atoms with Crippen molar-refractivity contribution in [1.82, 2.24) is 19.3 Å². The lowest BCUT2D eigenvalue weighted by atomic mass is 10.1. The summed E-state index contributed by atoms with van der Waals surface area (Å²) in [6.07, 6.45) is 14.0. The van der Waals surface area contributed by atoms with Gasteiger partial charge in [-0.25, -0.2) is 4.98 Å². The number of para-hydroxylation sites is 1. The number of rotatable bonds is 6. The summed E-state index contributed by atoms with van der Waals surface area (Å²) < 4.78 is 10.3. The zero-order valence-electron chi connectivity index (χ0n) is 14.6. The molecule has 0 aliphatic heterocycles. The van der Waals surface area contributed by atoms with Crippen molar-refractivity contribution in [3.8, 4) is 17.1 Å². The van der Waals surface area contributed by atoms with Crippen LogP contribution in [0.15, 0.2) is 49.1 Å². The van der Waals surface area contributed by atoms with Crippen LogP contribution >= 0.6 is 0 Å². The molecule has 130 valence electrons. The summed E-state index contributed by atoms with van der Waals surface area (Å²) in [6, 6.07) is 8.26. The highest BCUT2D eigenvalue weighted by molar-refractivity contribution is 5.64. The van der Waals surface area contributed by atoms with Crippen molar-refractivity contribution in [2.24, 2.45) is 7.05 Å². The van der Waals surface area contributed by atoms with Gasteiger partial charge in [-0.1, -0.05) is 12.1 Å². The lowest BCUT2D eigenvalue weighted by Crippen LogP contribution is -2.12. The van der Waals surface area contributed by atoms with E-state index in [9.17, 15) is 0 Å². The van der Waals surface area contributed by atoms with Gasteiger partial charge in [-0.2, -0.15) is 5.10 Å². The molecule has 0 spiro atoms. The van der Waals surface area contributed by atoms with Crippen molar-refractivity contribution in [1.29, 1.82) is 0 Å². The van der Waals surface area contributed by atoms with Crippen LogP contribution in [0.25, 0.3) is 11.4 Å². The van der Waals surface area contributed by atoms with E-state index >= 15 is 0 Å². The highest BCUT2D eigenvalue weighted by Crippen LogP contribution is 2.32. The molecule has 1 fully saturated rings. The minimum Gasteiger partial charge on any atom is -0.490 e. The third-order valence-corrected chi connectivity index (χ3v) is 4.84. The van der Waals surface area contributed by atoms with Crippen LogP contribution in [0.1, 0.15) is 31.2 Å². The second-order valence-electron chi connectivity index (χ2n) is 6.74. The molecule has 3 aromatic rings. The summed E-state index contributed by atoms with van der Waals surface area (Å²) >= 11 is 0. The molecule has 1 aromatic carbocycles. The molecule has 0 amide bonds. The Morgan fingerprint density at radius 2 is 2.04 bits per heavy atom. The molecule has 0 unspecified atom stereocenters. The maximum Gasteiger partial charge on any atom is 0.143 e. The van der Waals surface area contributed by atoms with Crippen LogP contribution in [0.5, 0.6) is 5.75 Å². The zero-order valence-corrected chi connectivity index (χ0v) is 14.6. The lowest BCUT2D eigenvalue weighted by Gasteiger charge is -2.17. The fraction of sp³-hybridized carbons (Fsp3) is 0.400. The highest BCUT2D eigenvalue weighted by Gasteiger charge is 2.19. The number of benzene rings is 1. The monoisotopic (exact) mass is 336 g/mol. The lowest BCUT2D eigenvalue weighted by molar-refractivity contribution is 0.211. The van der Waals surface area contributed by atoms with E-state index in [4.69, 9.17) is 4.74 Å². The number of hydrogen-bond donors (Lipinski definition) is 0. The van der Waals surface area contributed by atoms with Crippen molar-refractivity contribution < 1.29 is 4.74 Å². The van der Waals surface area contributed by atoms with E-state index in [0.29, 0.717) is 6.10 Å². The maximum atomic E-state index is 6.28. The average molecular weight is 336 g/mol. The first-order chi connectivity index (χ1) is 12.3. The zero-order chi connectivity index (χ0) is 17.1. The van der Waals surface area contributed by atoms with Crippen LogP contribution < -0.4 is 4.74 Å². The predicted octanol–water partition coefficient (Wildman–Crippen LogP) is 3.85. The van der Waals surface area contributed by atoms with Gasteiger partial charge in [-0.3, -0.25) is 4.68 Å². The van der Waals surface area contributed by atoms with Gasteiger partial charge in [0.2, 0.25) is 0 Å². The number of hydrogen-bond acceptors (Lipinski definition) is 3. The molecule has 0 radical (unpaired) electrons. The normalized spacial score (nSPS) is 14.9. The van der Waals surface area contributed by atoms with Gasteiger partial charge in [-0.15, -0.1) is 0 Å². The van der Waals surface area contributed by atoms with Gasteiger partial charge in [0, 0.05) is 32.2 Å². The molecule has 2 heterocycles. The Labute approximate surface area is 148 Å². The molecule has 1 saturated carbocycles. The van der Waals surface area contributed by atoms with E-state index in [1.54, 1.807) is 0 Å². The summed E-state index contributed by atoms with van der Waals surface area (Å²) in [5, 5.41) is 4.24. The topological polar surface area (TPSA) is 44.9 Å². The summed E-state index contributed by atoms with van der Waals surface area (Å²) in [5.41, 5.74) is 2.31. The van der Waals surface area contributed by atoms with E-state index in [-0.39, 0.29) is 0 Å². The number of aromatic nitrogens is 4.